The molecule has 0 amide bonds. The average molecular weight is 295 g/mol. The zero-order chi connectivity index (χ0) is 15.2. The smallest absolute Gasteiger partial charge is 0.369 e. The zero-order valence-electron chi connectivity index (χ0n) is 10.3. The van der Waals surface area contributed by atoms with Crippen molar-refractivity contribution in [3.05, 3.63) is 46.5 Å². The van der Waals surface area contributed by atoms with Gasteiger partial charge in [-0.2, -0.15) is 18.2 Å². The van der Waals surface area contributed by atoms with Gasteiger partial charge in [-0.15, -0.1) is 0 Å². The number of alkyl halides is 3. The van der Waals surface area contributed by atoms with Crippen molar-refractivity contribution in [1.82, 2.24) is 19.5 Å². The molecule has 0 bridgehead atoms. The Bertz CT molecular complexity index is 880. The van der Waals surface area contributed by atoms with Gasteiger partial charge in [0.2, 0.25) is 5.95 Å². The molecule has 108 valence electrons. The summed E-state index contributed by atoms with van der Waals surface area (Å²) in [6, 6.07) is 4.79. The predicted octanol–water partition coefficient (Wildman–Crippen LogP) is 1.71. The van der Waals surface area contributed by atoms with Crippen LogP contribution in [-0.4, -0.2) is 19.5 Å². The number of rotatable bonds is 1. The molecule has 0 aliphatic carbocycles. The highest BCUT2D eigenvalue weighted by Crippen LogP contribution is 2.35. The van der Waals surface area contributed by atoms with Crippen LogP contribution < -0.4 is 11.3 Å². The molecule has 3 rings (SSSR count). The highest BCUT2D eigenvalue weighted by Gasteiger charge is 2.34. The van der Waals surface area contributed by atoms with E-state index < -0.39 is 17.3 Å². The molecule has 0 aliphatic heterocycles. The van der Waals surface area contributed by atoms with Gasteiger partial charge in [-0.3, -0.25) is 9.36 Å². The summed E-state index contributed by atoms with van der Waals surface area (Å²) in [6.07, 6.45) is -3.48. The summed E-state index contributed by atoms with van der Waals surface area (Å²) >= 11 is 0. The number of nitrogens with zero attached hydrogens (tertiary/aromatic N) is 3. The first-order chi connectivity index (χ1) is 9.89. The van der Waals surface area contributed by atoms with Crippen LogP contribution in [0.2, 0.25) is 0 Å². The fraction of sp³-hybridized carbons (Fsp3) is 0.0833. The molecular formula is C12H8F3N5O. The molecule has 3 N–H and O–H groups in total. The van der Waals surface area contributed by atoms with Gasteiger partial charge in [0.25, 0.3) is 5.56 Å². The van der Waals surface area contributed by atoms with Crippen molar-refractivity contribution in [2.75, 3.05) is 5.73 Å². The Morgan fingerprint density at radius 3 is 2.67 bits per heavy atom. The van der Waals surface area contributed by atoms with E-state index in [0.717, 1.165) is 17.0 Å². The number of H-pyrrole nitrogens is 1. The van der Waals surface area contributed by atoms with E-state index in [0.29, 0.717) is 0 Å². The second-order valence-electron chi connectivity index (χ2n) is 4.22. The minimum absolute atomic E-state index is 0.0202. The van der Waals surface area contributed by atoms with Crippen molar-refractivity contribution in [1.29, 1.82) is 0 Å². The van der Waals surface area contributed by atoms with Crippen molar-refractivity contribution < 1.29 is 13.2 Å². The first kappa shape index (κ1) is 13.2. The maximum absolute atomic E-state index is 13.1. The maximum atomic E-state index is 13.1. The summed E-state index contributed by atoms with van der Waals surface area (Å²) in [5.41, 5.74) is 3.69. The summed E-state index contributed by atoms with van der Waals surface area (Å²) in [4.78, 5) is 21.8. The fourth-order valence-electron chi connectivity index (χ4n) is 2.09. The van der Waals surface area contributed by atoms with Crippen LogP contribution in [0.25, 0.3) is 16.9 Å². The quantitative estimate of drug-likeness (QED) is 0.715. The monoisotopic (exact) mass is 295 g/mol. The molecule has 0 unspecified atom stereocenters. The van der Waals surface area contributed by atoms with Crippen LogP contribution in [-0.2, 0) is 6.18 Å². The number of aromatic nitrogens is 4. The number of hydrogen-bond acceptors (Lipinski definition) is 4. The summed E-state index contributed by atoms with van der Waals surface area (Å²) in [7, 11) is 0. The third-order valence-electron chi connectivity index (χ3n) is 2.93. The summed E-state index contributed by atoms with van der Waals surface area (Å²) < 4.78 is 40.2. The molecule has 0 aliphatic rings. The Labute approximate surface area is 115 Å². The van der Waals surface area contributed by atoms with Gasteiger partial charge in [0.1, 0.15) is 0 Å². The highest BCUT2D eigenvalue weighted by molar-refractivity contribution is 5.76. The van der Waals surface area contributed by atoms with Crippen LogP contribution >= 0.6 is 0 Å². The standard InChI is InChI=1S/C12H8F3N5O/c13-12(14,15)6-3-1-2-4-7(6)20-8-9(19-11(20)16)17-5-18-10(8)21/h1-5H,(H3,16,17,18,19,21). The maximum Gasteiger partial charge on any atom is 0.418 e. The minimum Gasteiger partial charge on any atom is -0.369 e. The molecule has 6 nitrogen and oxygen atoms in total. The molecule has 0 saturated carbocycles. The van der Waals surface area contributed by atoms with E-state index in [1.165, 1.54) is 18.2 Å². The summed E-state index contributed by atoms with van der Waals surface area (Å²) in [5.74, 6) is -0.245. The van der Waals surface area contributed by atoms with E-state index in [9.17, 15) is 18.0 Å². The molecular weight excluding hydrogens is 287 g/mol. The number of anilines is 1. The van der Waals surface area contributed by atoms with E-state index in [1.54, 1.807) is 0 Å². The van der Waals surface area contributed by atoms with E-state index in [-0.39, 0.29) is 22.8 Å². The van der Waals surface area contributed by atoms with Crippen LogP contribution in [0.15, 0.2) is 35.4 Å². The lowest BCUT2D eigenvalue weighted by Gasteiger charge is -2.14. The number of para-hydroxylation sites is 1. The molecule has 0 radical (unpaired) electrons. The number of nitrogen functional groups attached to an aromatic ring is 1. The van der Waals surface area contributed by atoms with E-state index in [2.05, 4.69) is 15.0 Å². The van der Waals surface area contributed by atoms with Gasteiger partial charge < -0.3 is 10.7 Å². The fourth-order valence-corrected chi connectivity index (χ4v) is 2.09. The summed E-state index contributed by atoms with van der Waals surface area (Å²) in [5, 5.41) is 0. The van der Waals surface area contributed by atoms with Crippen molar-refractivity contribution in [3.63, 3.8) is 0 Å². The van der Waals surface area contributed by atoms with Gasteiger partial charge in [-0.05, 0) is 12.1 Å². The lowest BCUT2D eigenvalue weighted by atomic mass is 10.1. The second kappa shape index (κ2) is 4.33. The largest absolute Gasteiger partial charge is 0.418 e. The zero-order valence-corrected chi connectivity index (χ0v) is 10.3. The Hall–Kier alpha value is -2.84. The molecule has 21 heavy (non-hydrogen) atoms. The molecule has 0 atom stereocenters. The van der Waals surface area contributed by atoms with Crippen molar-refractivity contribution >= 4 is 17.1 Å². The van der Waals surface area contributed by atoms with Gasteiger partial charge >= 0.3 is 6.18 Å². The molecule has 9 heteroatoms. The number of imidazole rings is 1. The van der Waals surface area contributed by atoms with E-state index in [4.69, 9.17) is 5.73 Å². The third-order valence-corrected chi connectivity index (χ3v) is 2.93. The van der Waals surface area contributed by atoms with Gasteiger partial charge in [-0.25, -0.2) is 4.98 Å². The first-order valence-corrected chi connectivity index (χ1v) is 5.78. The Morgan fingerprint density at radius 1 is 1.24 bits per heavy atom. The van der Waals surface area contributed by atoms with Gasteiger partial charge in [0, 0.05) is 0 Å². The van der Waals surface area contributed by atoms with Crippen LogP contribution in [0.4, 0.5) is 19.1 Å². The van der Waals surface area contributed by atoms with Crippen LogP contribution in [0, 0.1) is 0 Å². The third kappa shape index (κ3) is 2.02. The molecule has 0 saturated heterocycles. The van der Waals surface area contributed by atoms with Crippen LogP contribution in [0.5, 0.6) is 0 Å². The number of halogens is 3. The highest BCUT2D eigenvalue weighted by atomic mass is 19.4. The van der Waals surface area contributed by atoms with Gasteiger partial charge in [0.05, 0.1) is 17.6 Å². The van der Waals surface area contributed by atoms with Crippen molar-refractivity contribution in [3.8, 4) is 5.69 Å². The number of benzene rings is 1. The Morgan fingerprint density at radius 2 is 1.95 bits per heavy atom. The van der Waals surface area contributed by atoms with Crippen LogP contribution in [0.3, 0.4) is 0 Å². The van der Waals surface area contributed by atoms with Gasteiger partial charge in [0.15, 0.2) is 11.2 Å². The number of nitrogens with one attached hydrogen (secondary N) is 1. The van der Waals surface area contributed by atoms with Crippen LogP contribution in [0.1, 0.15) is 5.56 Å². The lowest BCUT2D eigenvalue weighted by molar-refractivity contribution is -0.137. The molecule has 0 spiro atoms. The second-order valence-corrected chi connectivity index (χ2v) is 4.22. The normalized spacial score (nSPS) is 12.0. The van der Waals surface area contributed by atoms with Crippen molar-refractivity contribution in [2.45, 2.75) is 6.18 Å². The van der Waals surface area contributed by atoms with Gasteiger partial charge in [-0.1, -0.05) is 12.1 Å². The number of hydrogen-bond donors (Lipinski definition) is 2. The molecule has 3 aromatic rings. The lowest BCUT2D eigenvalue weighted by Crippen LogP contribution is -2.15. The van der Waals surface area contributed by atoms with E-state index in [1.807, 2.05) is 0 Å². The minimum atomic E-state index is -4.59. The first-order valence-electron chi connectivity index (χ1n) is 5.78. The molecule has 2 aromatic heterocycles. The number of aromatic amines is 1. The van der Waals surface area contributed by atoms with Crippen molar-refractivity contribution in [2.24, 2.45) is 0 Å². The SMILES string of the molecule is Nc1nc2nc[nH]c(=O)c2n1-c1ccccc1C(F)(F)F. The topological polar surface area (TPSA) is 89.6 Å². The molecule has 2 heterocycles. The molecule has 1 aromatic carbocycles. The van der Waals surface area contributed by atoms with E-state index >= 15 is 0 Å². The molecule has 0 fully saturated rings. The number of fused-ring (bicyclic) bond motifs is 1. The Balaban J connectivity index is 2.43. The summed E-state index contributed by atoms with van der Waals surface area (Å²) in [6.45, 7) is 0. The predicted molar refractivity (Wildman–Crippen MR) is 68.9 cm³/mol. The Kier molecular flexibility index (Phi) is 2.71. The average Bonchev–Trinajstić information content (AvgIpc) is 2.75. The number of nitrogens with two attached hydrogens (primary N) is 1.